The summed E-state index contributed by atoms with van der Waals surface area (Å²) >= 11 is 6.12. The second kappa shape index (κ2) is 6.41. The number of aliphatic carboxylic acids is 1. The summed E-state index contributed by atoms with van der Waals surface area (Å²) in [6, 6.07) is 10.1. The van der Waals surface area contributed by atoms with Gasteiger partial charge >= 0.3 is 5.97 Å². The molecule has 0 radical (unpaired) electrons. The minimum atomic E-state index is -1.94. The highest BCUT2D eigenvalue weighted by Gasteiger charge is 2.54. The monoisotopic (exact) mass is 360 g/mol. The molecule has 6 heteroatoms. The average molecular weight is 361 g/mol. The molecule has 0 aromatic heterocycles. The SMILES string of the molecule is Cc1cc(OCCC2(C(=O)O)Oc3ccccc3C2=O)cc(C)c1Cl. The molecule has 1 N–H and O–H groups in total. The highest BCUT2D eigenvalue weighted by molar-refractivity contribution is 6.32. The molecule has 0 spiro atoms. The number of hydrogen-bond acceptors (Lipinski definition) is 4. The van der Waals surface area contributed by atoms with Crippen molar-refractivity contribution in [3.05, 3.63) is 58.1 Å². The van der Waals surface area contributed by atoms with Crippen LogP contribution in [0.2, 0.25) is 5.02 Å². The molecule has 2 aromatic rings. The van der Waals surface area contributed by atoms with Gasteiger partial charge in [0.25, 0.3) is 5.60 Å². The number of carbonyl (C=O) groups excluding carboxylic acids is 1. The molecule has 25 heavy (non-hydrogen) atoms. The summed E-state index contributed by atoms with van der Waals surface area (Å²) in [4.78, 5) is 24.4. The van der Waals surface area contributed by atoms with Crippen molar-refractivity contribution >= 4 is 23.4 Å². The van der Waals surface area contributed by atoms with Crippen molar-refractivity contribution < 1.29 is 24.2 Å². The third-order valence-corrected chi connectivity index (χ3v) is 4.86. The number of hydrogen-bond donors (Lipinski definition) is 1. The molecule has 0 fully saturated rings. The van der Waals surface area contributed by atoms with Crippen molar-refractivity contribution in [2.75, 3.05) is 6.61 Å². The van der Waals surface area contributed by atoms with Crippen molar-refractivity contribution in [1.29, 1.82) is 0 Å². The number of carbonyl (C=O) groups is 2. The molecular formula is C19H17ClO5. The lowest BCUT2D eigenvalue weighted by molar-refractivity contribution is -0.151. The number of ketones is 1. The van der Waals surface area contributed by atoms with Crippen LogP contribution in [0, 0.1) is 13.8 Å². The van der Waals surface area contributed by atoms with Gasteiger partial charge in [0.1, 0.15) is 11.5 Å². The third-order valence-electron chi connectivity index (χ3n) is 4.26. The molecule has 1 aliphatic rings. The second-order valence-corrected chi connectivity index (χ2v) is 6.41. The maximum Gasteiger partial charge on any atom is 0.356 e. The zero-order valence-corrected chi connectivity index (χ0v) is 14.6. The molecule has 130 valence electrons. The minimum absolute atomic E-state index is 0.0204. The maximum atomic E-state index is 12.6. The number of fused-ring (bicyclic) bond motifs is 1. The molecule has 0 saturated carbocycles. The molecule has 1 atom stereocenters. The van der Waals surface area contributed by atoms with Gasteiger partial charge < -0.3 is 14.6 Å². The van der Waals surface area contributed by atoms with Crippen LogP contribution in [0.3, 0.4) is 0 Å². The standard InChI is InChI=1S/C19H17ClO5/c1-11-9-13(10-12(2)16(11)20)24-8-7-19(18(22)23)17(21)14-5-3-4-6-15(14)25-19/h3-6,9-10H,7-8H2,1-2H3,(H,22,23). The van der Waals surface area contributed by atoms with E-state index in [1.54, 1.807) is 36.4 Å². The zero-order chi connectivity index (χ0) is 18.2. The Kier molecular flexibility index (Phi) is 4.43. The van der Waals surface area contributed by atoms with Crippen molar-refractivity contribution in [2.45, 2.75) is 25.9 Å². The van der Waals surface area contributed by atoms with Gasteiger partial charge in [0.15, 0.2) is 0 Å². The summed E-state index contributed by atoms with van der Waals surface area (Å²) in [5.41, 5.74) is 0.0683. The summed E-state index contributed by atoms with van der Waals surface area (Å²) < 4.78 is 11.2. The Balaban J connectivity index is 1.77. The first kappa shape index (κ1) is 17.3. The average Bonchev–Trinajstić information content (AvgIpc) is 2.86. The van der Waals surface area contributed by atoms with Gasteiger partial charge in [-0.2, -0.15) is 0 Å². The fraction of sp³-hybridized carbons (Fsp3) is 0.263. The van der Waals surface area contributed by atoms with Crippen LogP contribution < -0.4 is 9.47 Å². The number of carboxylic acids is 1. The summed E-state index contributed by atoms with van der Waals surface area (Å²) in [6.07, 6.45) is -0.101. The van der Waals surface area contributed by atoms with E-state index in [1.165, 1.54) is 0 Å². The maximum absolute atomic E-state index is 12.6. The predicted molar refractivity (Wildman–Crippen MR) is 92.8 cm³/mol. The van der Waals surface area contributed by atoms with E-state index in [4.69, 9.17) is 21.1 Å². The fourth-order valence-corrected chi connectivity index (χ4v) is 3.02. The van der Waals surface area contributed by atoms with Crippen LogP contribution in [0.15, 0.2) is 36.4 Å². The highest BCUT2D eigenvalue weighted by atomic mass is 35.5. The van der Waals surface area contributed by atoms with Gasteiger partial charge in [-0.05, 0) is 49.2 Å². The number of halogens is 1. The van der Waals surface area contributed by atoms with E-state index < -0.39 is 17.4 Å². The molecule has 1 heterocycles. The Labute approximate surface area is 150 Å². The molecule has 0 amide bonds. The molecule has 1 aliphatic heterocycles. The zero-order valence-electron chi connectivity index (χ0n) is 13.8. The molecule has 0 bridgehead atoms. The summed E-state index contributed by atoms with van der Waals surface area (Å²) in [5.74, 6) is -1.01. The van der Waals surface area contributed by atoms with Crippen LogP contribution >= 0.6 is 11.6 Å². The van der Waals surface area contributed by atoms with Gasteiger partial charge in [-0.3, -0.25) is 4.79 Å². The van der Waals surface area contributed by atoms with E-state index in [9.17, 15) is 14.7 Å². The lowest BCUT2D eigenvalue weighted by Crippen LogP contribution is -2.49. The number of carboxylic acid groups (broad SMARTS) is 1. The van der Waals surface area contributed by atoms with Crippen molar-refractivity contribution in [2.24, 2.45) is 0 Å². The van der Waals surface area contributed by atoms with Crippen LogP contribution in [-0.2, 0) is 4.79 Å². The first-order chi connectivity index (χ1) is 11.8. The number of rotatable bonds is 5. The first-order valence-electron chi connectivity index (χ1n) is 7.81. The van der Waals surface area contributed by atoms with Crippen molar-refractivity contribution in [3.63, 3.8) is 0 Å². The Bertz CT molecular complexity index is 838. The Morgan fingerprint density at radius 1 is 1.24 bits per heavy atom. The summed E-state index contributed by atoms with van der Waals surface area (Å²) in [7, 11) is 0. The van der Waals surface area contributed by atoms with Gasteiger partial charge in [-0.25, -0.2) is 4.79 Å². The van der Waals surface area contributed by atoms with E-state index in [0.717, 1.165) is 11.1 Å². The second-order valence-electron chi connectivity index (χ2n) is 6.03. The summed E-state index contributed by atoms with van der Waals surface area (Å²) in [6.45, 7) is 3.74. The van der Waals surface area contributed by atoms with E-state index in [2.05, 4.69) is 0 Å². The molecule has 5 nitrogen and oxygen atoms in total. The Hall–Kier alpha value is -2.53. The van der Waals surface area contributed by atoms with E-state index in [-0.39, 0.29) is 24.3 Å². The van der Waals surface area contributed by atoms with Gasteiger partial charge in [-0.1, -0.05) is 23.7 Å². The van der Waals surface area contributed by atoms with Gasteiger partial charge in [0, 0.05) is 11.4 Å². The van der Waals surface area contributed by atoms with E-state index in [1.807, 2.05) is 13.8 Å². The van der Waals surface area contributed by atoms with Crippen LogP contribution in [0.1, 0.15) is 27.9 Å². The third kappa shape index (κ3) is 2.96. The summed E-state index contributed by atoms with van der Waals surface area (Å²) in [5, 5.41) is 10.3. The minimum Gasteiger partial charge on any atom is -0.493 e. The molecule has 0 saturated heterocycles. The number of benzene rings is 2. The highest BCUT2D eigenvalue weighted by Crippen LogP contribution is 2.37. The molecule has 3 rings (SSSR count). The normalized spacial score (nSPS) is 18.6. The van der Waals surface area contributed by atoms with Crippen LogP contribution in [0.4, 0.5) is 0 Å². The van der Waals surface area contributed by atoms with Crippen LogP contribution in [0.5, 0.6) is 11.5 Å². The van der Waals surface area contributed by atoms with Gasteiger partial charge in [0.05, 0.1) is 12.2 Å². The number of para-hydroxylation sites is 1. The lowest BCUT2D eigenvalue weighted by atomic mass is 9.92. The van der Waals surface area contributed by atoms with Crippen LogP contribution in [0.25, 0.3) is 0 Å². The van der Waals surface area contributed by atoms with Crippen molar-refractivity contribution in [1.82, 2.24) is 0 Å². The van der Waals surface area contributed by atoms with E-state index >= 15 is 0 Å². The largest absolute Gasteiger partial charge is 0.493 e. The number of ether oxygens (including phenoxy) is 2. The molecule has 0 aliphatic carbocycles. The molecule has 2 aromatic carbocycles. The van der Waals surface area contributed by atoms with Gasteiger partial charge in [-0.15, -0.1) is 0 Å². The predicted octanol–water partition coefficient (Wildman–Crippen LogP) is 3.82. The quantitative estimate of drug-likeness (QED) is 0.820. The number of aryl methyl sites for hydroxylation is 2. The first-order valence-corrected chi connectivity index (χ1v) is 8.19. The molecule has 1 unspecified atom stereocenters. The topological polar surface area (TPSA) is 72.8 Å². The lowest BCUT2D eigenvalue weighted by Gasteiger charge is -2.22. The van der Waals surface area contributed by atoms with Crippen molar-refractivity contribution in [3.8, 4) is 11.5 Å². The molecular weight excluding hydrogens is 344 g/mol. The smallest absolute Gasteiger partial charge is 0.356 e. The Morgan fingerprint density at radius 3 is 2.48 bits per heavy atom. The van der Waals surface area contributed by atoms with Gasteiger partial charge in [0.2, 0.25) is 5.78 Å². The Morgan fingerprint density at radius 2 is 1.88 bits per heavy atom. The fourth-order valence-electron chi connectivity index (χ4n) is 2.91. The number of Topliss-reactive ketones (excluding diaryl/α,β-unsaturated/α-hetero) is 1. The van der Waals surface area contributed by atoms with Crippen LogP contribution in [-0.4, -0.2) is 29.1 Å². The van der Waals surface area contributed by atoms with E-state index in [0.29, 0.717) is 10.8 Å².